The summed E-state index contributed by atoms with van der Waals surface area (Å²) in [5, 5.41) is 10.9. The Labute approximate surface area is 179 Å². The second-order valence-corrected chi connectivity index (χ2v) is 8.25. The van der Waals surface area contributed by atoms with Crippen LogP contribution < -0.4 is 4.90 Å². The molecule has 0 radical (unpaired) electrons. The van der Waals surface area contributed by atoms with Crippen LogP contribution in [0.1, 0.15) is 39.8 Å². The monoisotopic (exact) mass is 437 g/mol. The molecule has 4 rings (SSSR count). The Morgan fingerprint density at radius 2 is 2.06 bits per heavy atom. The minimum atomic E-state index is -2.20. The number of morpholine rings is 1. The largest absolute Gasteiger partial charge is 0.463 e. The molecule has 10 nitrogen and oxygen atoms in total. The fraction of sp³-hybridized carbons (Fsp3) is 0.700. The zero-order valence-corrected chi connectivity index (χ0v) is 18.0. The molecule has 11 heteroatoms. The maximum atomic E-state index is 15.9. The lowest BCUT2D eigenvalue weighted by Crippen LogP contribution is -2.52. The molecule has 0 aliphatic carbocycles. The molecule has 170 valence electrons. The second-order valence-electron chi connectivity index (χ2n) is 8.25. The average molecular weight is 437 g/mol. The summed E-state index contributed by atoms with van der Waals surface area (Å²) in [4.78, 5) is 26.9. The minimum Gasteiger partial charge on any atom is -0.463 e. The number of hydrogen-bond acceptors (Lipinski definition) is 9. The number of rotatable bonds is 6. The number of aliphatic hydroxyl groups is 1. The summed E-state index contributed by atoms with van der Waals surface area (Å²) in [6.07, 6.45) is 1.46. The predicted molar refractivity (Wildman–Crippen MR) is 108 cm³/mol. The zero-order valence-electron chi connectivity index (χ0n) is 18.0. The summed E-state index contributed by atoms with van der Waals surface area (Å²) in [5.41, 5.74) is -3.20. The third-order valence-electron chi connectivity index (χ3n) is 6.13. The summed E-state index contributed by atoms with van der Waals surface area (Å²) < 4.78 is 33.8. The Hall–Kier alpha value is -2.37. The lowest BCUT2D eigenvalue weighted by molar-refractivity contribution is -0.153. The molecule has 0 saturated carbocycles. The Morgan fingerprint density at radius 1 is 1.32 bits per heavy atom. The molecule has 2 aromatic rings. The van der Waals surface area contributed by atoms with Crippen molar-refractivity contribution in [3.63, 3.8) is 0 Å². The molecule has 2 fully saturated rings. The van der Waals surface area contributed by atoms with Gasteiger partial charge in [0, 0.05) is 19.5 Å². The van der Waals surface area contributed by atoms with Crippen molar-refractivity contribution < 1.29 is 28.5 Å². The number of aromatic nitrogens is 4. The quantitative estimate of drug-likeness (QED) is 0.670. The van der Waals surface area contributed by atoms with E-state index >= 15 is 4.39 Å². The van der Waals surface area contributed by atoms with E-state index in [1.807, 2.05) is 11.8 Å². The van der Waals surface area contributed by atoms with Crippen molar-refractivity contribution in [3.8, 4) is 0 Å². The molecule has 0 aromatic carbocycles. The summed E-state index contributed by atoms with van der Waals surface area (Å²) >= 11 is 0. The molecule has 0 unspecified atom stereocenters. The van der Waals surface area contributed by atoms with E-state index in [2.05, 4.69) is 15.0 Å². The Balaban J connectivity index is 1.63. The fourth-order valence-electron chi connectivity index (χ4n) is 3.97. The fourth-order valence-corrected chi connectivity index (χ4v) is 3.97. The number of ether oxygens (including phenoxy) is 3. The van der Waals surface area contributed by atoms with Crippen LogP contribution in [0.25, 0.3) is 11.2 Å². The highest BCUT2D eigenvalue weighted by molar-refractivity contribution is 5.83. The molecule has 0 bridgehead atoms. The number of hydrogen-bond donors (Lipinski definition) is 1. The van der Waals surface area contributed by atoms with Crippen LogP contribution in [-0.4, -0.2) is 80.9 Å². The highest BCUT2D eigenvalue weighted by Gasteiger charge is 2.63. The molecule has 0 spiro atoms. The third-order valence-corrected chi connectivity index (χ3v) is 6.13. The molecule has 4 heterocycles. The molecule has 1 N–H and O–H groups in total. The van der Waals surface area contributed by atoms with Crippen molar-refractivity contribution in [2.45, 2.75) is 57.2 Å². The van der Waals surface area contributed by atoms with E-state index in [9.17, 15) is 9.90 Å². The number of alkyl halides is 1. The first kappa shape index (κ1) is 21.8. The van der Waals surface area contributed by atoms with Crippen LogP contribution in [0.4, 0.5) is 10.2 Å². The van der Waals surface area contributed by atoms with E-state index in [1.165, 1.54) is 31.1 Å². The molecule has 0 amide bonds. The summed E-state index contributed by atoms with van der Waals surface area (Å²) in [6.45, 7) is 6.72. The lowest BCUT2D eigenvalue weighted by atomic mass is 9.84. The van der Waals surface area contributed by atoms with E-state index in [1.54, 1.807) is 0 Å². The van der Waals surface area contributed by atoms with Crippen LogP contribution in [0.3, 0.4) is 0 Å². The highest BCUT2D eigenvalue weighted by atomic mass is 19.1. The molecule has 4 atom stereocenters. The zero-order chi connectivity index (χ0) is 22.2. The van der Waals surface area contributed by atoms with Crippen molar-refractivity contribution in [1.82, 2.24) is 19.5 Å². The smallest absolute Gasteiger partial charge is 0.305 e. The van der Waals surface area contributed by atoms with Gasteiger partial charge in [-0.1, -0.05) is 6.92 Å². The van der Waals surface area contributed by atoms with E-state index in [4.69, 9.17) is 14.2 Å². The van der Waals surface area contributed by atoms with E-state index in [-0.39, 0.29) is 13.0 Å². The van der Waals surface area contributed by atoms with Crippen LogP contribution in [-0.2, 0) is 19.0 Å². The maximum absolute atomic E-state index is 15.9. The number of halogens is 1. The van der Waals surface area contributed by atoms with Gasteiger partial charge in [0.25, 0.3) is 0 Å². The average Bonchev–Trinajstić information content (AvgIpc) is 3.24. The topological polar surface area (TPSA) is 112 Å². The van der Waals surface area contributed by atoms with Crippen molar-refractivity contribution in [2.24, 2.45) is 0 Å². The van der Waals surface area contributed by atoms with Gasteiger partial charge in [-0.05, 0) is 20.3 Å². The van der Waals surface area contributed by atoms with E-state index in [0.717, 1.165) is 0 Å². The van der Waals surface area contributed by atoms with Gasteiger partial charge in [0.2, 0.25) is 0 Å². The van der Waals surface area contributed by atoms with Gasteiger partial charge in [-0.25, -0.2) is 19.3 Å². The second kappa shape index (κ2) is 8.29. The lowest BCUT2D eigenvalue weighted by Gasteiger charge is -2.33. The standard InChI is InChI=1S/C20H28FN5O5/c1-4-5-14(27)30-10-13-20(3,28)19(2,21)18(31-13)26-12-24-15-16(22-11-23-17(15)26)25-6-8-29-9-7-25/h11-13,18,28H,4-10H2,1-3H3/t13-,18-,19+,20+/m1/s1. The molecule has 2 aliphatic heterocycles. The number of fused-ring (bicyclic) bond motifs is 1. The van der Waals surface area contributed by atoms with Gasteiger partial charge >= 0.3 is 5.97 Å². The minimum absolute atomic E-state index is 0.248. The third kappa shape index (κ3) is 3.74. The van der Waals surface area contributed by atoms with Gasteiger partial charge in [-0.2, -0.15) is 0 Å². The van der Waals surface area contributed by atoms with Crippen molar-refractivity contribution in [1.29, 1.82) is 0 Å². The molecular formula is C20H28FN5O5. The Bertz CT molecular complexity index is 943. The predicted octanol–water partition coefficient (Wildman–Crippen LogP) is 1.38. The molecule has 2 saturated heterocycles. The number of anilines is 1. The van der Waals surface area contributed by atoms with Gasteiger partial charge in [-0.3, -0.25) is 9.36 Å². The van der Waals surface area contributed by atoms with Gasteiger partial charge < -0.3 is 24.2 Å². The van der Waals surface area contributed by atoms with Crippen LogP contribution in [0.2, 0.25) is 0 Å². The van der Waals surface area contributed by atoms with Crippen molar-refractivity contribution >= 4 is 23.0 Å². The normalized spacial score (nSPS) is 31.3. The molecule has 31 heavy (non-hydrogen) atoms. The van der Waals surface area contributed by atoms with Crippen molar-refractivity contribution in [2.75, 3.05) is 37.8 Å². The van der Waals surface area contributed by atoms with Crippen LogP contribution in [0.5, 0.6) is 0 Å². The summed E-state index contributed by atoms with van der Waals surface area (Å²) in [5.74, 6) is 0.226. The van der Waals surface area contributed by atoms with Gasteiger partial charge in [0.15, 0.2) is 28.9 Å². The molecular weight excluding hydrogens is 409 g/mol. The van der Waals surface area contributed by atoms with Crippen LogP contribution in [0.15, 0.2) is 12.7 Å². The van der Waals surface area contributed by atoms with Crippen molar-refractivity contribution in [3.05, 3.63) is 12.7 Å². The number of esters is 1. The molecule has 2 aromatic heterocycles. The maximum Gasteiger partial charge on any atom is 0.305 e. The van der Waals surface area contributed by atoms with Gasteiger partial charge in [0.1, 0.15) is 24.6 Å². The van der Waals surface area contributed by atoms with E-state index in [0.29, 0.717) is 49.7 Å². The Kier molecular flexibility index (Phi) is 5.84. The summed E-state index contributed by atoms with van der Waals surface area (Å²) in [7, 11) is 0. The van der Waals surface area contributed by atoms with E-state index < -0.39 is 29.6 Å². The number of imidazole rings is 1. The first-order chi connectivity index (χ1) is 14.8. The first-order valence-electron chi connectivity index (χ1n) is 10.5. The Morgan fingerprint density at radius 3 is 2.77 bits per heavy atom. The van der Waals surface area contributed by atoms with Crippen LogP contribution >= 0.6 is 0 Å². The highest BCUT2D eigenvalue weighted by Crippen LogP contribution is 2.49. The number of nitrogens with zero attached hydrogens (tertiary/aromatic N) is 5. The molecule has 2 aliphatic rings. The van der Waals surface area contributed by atoms with Gasteiger partial charge in [0.05, 0.1) is 19.5 Å². The number of carbonyl (C=O) groups excluding carboxylic acids is 1. The van der Waals surface area contributed by atoms with Crippen LogP contribution in [0, 0.1) is 0 Å². The summed E-state index contributed by atoms with van der Waals surface area (Å²) in [6, 6.07) is 0. The number of carbonyl (C=O) groups is 1. The van der Waals surface area contributed by atoms with Gasteiger partial charge in [-0.15, -0.1) is 0 Å². The SMILES string of the molecule is CCCC(=O)OC[C@H]1O[C@@H](n2cnc3c(N4CCOCC4)ncnc32)[C@](C)(F)[C@@]1(C)O. The first-order valence-corrected chi connectivity index (χ1v) is 10.5.